The summed E-state index contributed by atoms with van der Waals surface area (Å²) in [6, 6.07) is 23.3. The highest BCUT2D eigenvalue weighted by Crippen LogP contribution is 2.33. The van der Waals surface area contributed by atoms with Crippen molar-refractivity contribution in [2.75, 3.05) is 0 Å². The molecule has 0 spiro atoms. The predicted molar refractivity (Wildman–Crippen MR) is 109 cm³/mol. The van der Waals surface area contributed by atoms with E-state index in [0.29, 0.717) is 5.56 Å². The molecule has 3 rings (SSSR count). The van der Waals surface area contributed by atoms with Gasteiger partial charge in [0, 0.05) is 4.91 Å². The lowest BCUT2D eigenvalue weighted by atomic mass is 9.95. The number of nitrogens with zero attached hydrogens (tertiary/aromatic N) is 3. The van der Waals surface area contributed by atoms with E-state index in [1.165, 1.54) is 0 Å². The molecule has 28 heavy (non-hydrogen) atoms. The molecule has 0 saturated heterocycles. The molecular weight excluding hydrogens is 372 g/mol. The van der Waals surface area contributed by atoms with Gasteiger partial charge in [-0.05, 0) is 35.7 Å². The monoisotopic (exact) mass is 392 g/mol. The molecule has 0 aromatic heterocycles. The maximum atomic E-state index is 13.0. The number of nitrogens with one attached hydrogen (secondary N) is 1. The highest BCUT2D eigenvalue weighted by Gasteiger charge is 2.29. The van der Waals surface area contributed by atoms with Crippen LogP contribution in [0.25, 0.3) is 10.4 Å². The van der Waals surface area contributed by atoms with Crippen LogP contribution < -0.4 is 4.72 Å². The van der Waals surface area contributed by atoms with Gasteiger partial charge in [-0.3, -0.25) is 0 Å². The van der Waals surface area contributed by atoms with E-state index >= 15 is 0 Å². The van der Waals surface area contributed by atoms with Crippen LogP contribution in [0.3, 0.4) is 0 Å². The Hall–Kier alpha value is -3.12. The van der Waals surface area contributed by atoms with Gasteiger partial charge < -0.3 is 0 Å². The van der Waals surface area contributed by atoms with E-state index < -0.39 is 22.1 Å². The van der Waals surface area contributed by atoms with Gasteiger partial charge in [-0.15, -0.1) is 0 Å². The Morgan fingerprint density at radius 3 is 1.93 bits per heavy atom. The van der Waals surface area contributed by atoms with E-state index in [2.05, 4.69) is 14.7 Å². The number of azide groups is 1. The van der Waals surface area contributed by atoms with Crippen molar-refractivity contribution >= 4 is 10.0 Å². The number of rotatable bonds is 7. The molecule has 0 heterocycles. The van der Waals surface area contributed by atoms with E-state index in [1.807, 2.05) is 67.6 Å². The van der Waals surface area contributed by atoms with Crippen LogP contribution in [0, 0.1) is 6.92 Å². The van der Waals surface area contributed by atoms with E-state index in [9.17, 15) is 8.42 Å². The summed E-state index contributed by atoms with van der Waals surface area (Å²) in [5.74, 6) is 0. The van der Waals surface area contributed by atoms with Gasteiger partial charge in [0.25, 0.3) is 0 Å². The van der Waals surface area contributed by atoms with Gasteiger partial charge in [0.15, 0.2) is 0 Å². The minimum atomic E-state index is -3.83. The minimum absolute atomic E-state index is 0.159. The van der Waals surface area contributed by atoms with E-state index in [-0.39, 0.29) is 4.90 Å². The molecule has 142 valence electrons. The van der Waals surface area contributed by atoms with Crippen LogP contribution in [-0.2, 0) is 10.0 Å². The first kappa shape index (κ1) is 19.6. The Morgan fingerprint density at radius 1 is 0.857 bits per heavy atom. The second kappa shape index (κ2) is 8.71. The molecule has 1 N–H and O–H groups in total. The molecule has 2 unspecified atom stereocenters. The fourth-order valence-electron chi connectivity index (χ4n) is 2.96. The van der Waals surface area contributed by atoms with Crippen LogP contribution in [0.1, 0.15) is 28.8 Å². The molecular formula is C21H20N4O2S. The third kappa shape index (κ3) is 4.58. The SMILES string of the molecule is Cc1ccc(S(=O)(=O)NC(c2ccccc2)C(N=[N+]=[N-])c2ccccc2)cc1. The quantitative estimate of drug-likeness (QED) is 0.345. The molecule has 6 nitrogen and oxygen atoms in total. The van der Waals surface area contributed by atoms with Crippen molar-refractivity contribution in [3.8, 4) is 0 Å². The summed E-state index contributed by atoms with van der Waals surface area (Å²) >= 11 is 0. The molecule has 3 aromatic carbocycles. The maximum absolute atomic E-state index is 13.0. The summed E-state index contributed by atoms with van der Waals surface area (Å²) < 4.78 is 28.8. The fourth-order valence-corrected chi connectivity index (χ4v) is 4.19. The molecule has 0 fully saturated rings. The van der Waals surface area contributed by atoms with Crippen LogP contribution in [0.2, 0.25) is 0 Å². The molecule has 0 bridgehead atoms. The minimum Gasteiger partial charge on any atom is -0.207 e. The predicted octanol–water partition coefficient (Wildman–Crippen LogP) is 5.07. The van der Waals surface area contributed by atoms with Crippen molar-refractivity contribution in [3.05, 3.63) is 112 Å². The van der Waals surface area contributed by atoms with Gasteiger partial charge in [0.1, 0.15) is 0 Å². The number of benzene rings is 3. The molecule has 0 aliphatic carbocycles. The number of hydrogen-bond donors (Lipinski definition) is 1. The maximum Gasteiger partial charge on any atom is 0.241 e. The molecule has 3 aromatic rings. The van der Waals surface area contributed by atoms with Crippen molar-refractivity contribution in [1.29, 1.82) is 0 Å². The van der Waals surface area contributed by atoms with E-state index in [0.717, 1.165) is 11.1 Å². The topological polar surface area (TPSA) is 94.9 Å². The number of aryl methyl sites for hydroxylation is 1. The highest BCUT2D eigenvalue weighted by molar-refractivity contribution is 7.89. The Morgan fingerprint density at radius 2 is 1.39 bits per heavy atom. The summed E-state index contributed by atoms with van der Waals surface area (Å²) in [5.41, 5.74) is 11.5. The summed E-state index contributed by atoms with van der Waals surface area (Å²) in [6.07, 6.45) is 0. The average Bonchev–Trinajstić information content (AvgIpc) is 2.72. The zero-order valence-corrected chi connectivity index (χ0v) is 16.1. The fraction of sp³-hybridized carbons (Fsp3) is 0.143. The van der Waals surface area contributed by atoms with Crippen molar-refractivity contribution in [1.82, 2.24) is 4.72 Å². The van der Waals surface area contributed by atoms with Gasteiger partial charge in [-0.25, -0.2) is 13.1 Å². The van der Waals surface area contributed by atoms with Crippen LogP contribution in [0.5, 0.6) is 0 Å². The molecule has 0 saturated carbocycles. The largest absolute Gasteiger partial charge is 0.241 e. The lowest BCUT2D eigenvalue weighted by Gasteiger charge is -2.25. The van der Waals surface area contributed by atoms with E-state index in [1.54, 1.807) is 24.3 Å². The Bertz CT molecular complexity index is 1060. The molecule has 0 aliphatic heterocycles. The lowest BCUT2D eigenvalue weighted by Crippen LogP contribution is -2.32. The zero-order valence-electron chi connectivity index (χ0n) is 15.3. The molecule has 0 amide bonds. The molecule has 7 heteroatoms. The molecule has 2 atom stereocenters. The Balaban J connectivity index is 2.07. The first-order valence-corrected chi connectivity index (χ1v) is 10.2. The zero-order chi connectivity index (χ0) is 20.0. The average molecular weight is 392 g/mol. The standard InChI is InChI=1S/C21H20N4O2S/c1-16-12-14-19(15-13-16)28(26,27)24-21(18-10-6-3-7-11-18)20(23-25-22)17-8-4-2-5-9-17/h2-15,20-21,24H,1H3. The third-order valence-corrected chi connectivity index (χ3v) is 5.86. The first-order chi connectivity index (χ1) is 13.5. The number of hydrogen-bond acceptors (Lipinski definition) is 3. The molecule has 0 aliphatic rings. The van der Waals surface area contributed by atoms with E-state index in [4.69, 9.17) is 5.53 Å². The van der Waals surface area contributed by atoms with Gasteiger partial charge in [-0.2, -0.15) is 0 Å². The summed E-state index contributed by atoms with van der Waals surface area (Å²) in [5, 5.41) is 3.92. The van der Waals surface area contributed by atoms with Crippen molar-refractivity contribution in [2.24, 2.45) is 5.11 Å². The van der Waals surface area contributed by atoms with Gasteiger partial charge in [0.05, 0.1) is 17.0 Å². The summed E-state index contributed by atoms with van der Waals surface area (Å²) in [6.45, 7) is 1.89. The van der Waals surface area contributed by atoms with Crippen LogP contribution in [0.15, 0.2) is 94.9 Å². The van der Waals surface area contributed by atoms with Crippen molar-refractivity contribution in [3.63, 3.8) is 0 Å². The van der Waals surface area contributed by atoms with Gasteiger partial charge in [-0.1, -0.05) is 83.5 Å². The summed E-state index contributed by atoms with van der Waals surface area (Å²) in [7, 11) is -3.83. The van der Waals surface area contributed by atoms with Crippen LogP contribution in [-0.4, -0.2) is 8.42 Å². The highest BCUT2D eigenvalue weighted by atomic mass is 32.2. The van der Waals surface area contributed by atoms with Gasteiger partial charge in [0.2, 0.25) is 10.0 Å². The van der Waals surface area contributed by atoms with Gasteiger partial charge >= 0.3 is 0 Å². The molecule has 0 radical (unpaired) electrons. The summed E-state index contributed by atoms with van der Waals surface area (Å²) in [4.78, 5) is 3.12. The lowest BCUT2D eigenvalue weighted by molar-refractivity contribution is 0.503. The normalized spacial score (nSPS) is 13.3. The van der Waals surface area contributed by atoms with Crippen LogP contribution in [0.4, 0.5) is 0 Å². The Kier molecular flexibility index (Phi) is 6.11. The smallest absolute Gasteiger partial charge is 0.207 e. The Labute approximate surface area is 164 Å². The van der Waals surface area contributed by atoms with Crippen molar-refractivity contribution in [2.45, 2.75) is 23.9 Å². The van der Waals surface area contributed by atoms with Crippen LogP contribution >= 0.6 is 0 Å². The second-order valence-corrected chi connectivity index (χ2v) is 8.10. The second-order valence-electron chi connectivity index (χ2n) is 6.38. The van der Waals surface area contributed by atoms with Crippen molar-refractivity contribution < 1.29 is 8.42 Å². The first-order valence-electron chi connectivity index (χ1n) is 8.74. The number of sulfonamides is 1. The third-order valence-electron chi connectivity index (χ3n) is 4.40.